The van der Waals surface area contributed by atoms with E-state index in [2.05, 4.69) is 29.3 Å². The maximum Gasteiger partial charge on any atom is 0.267 e. The van der Waals surface area contributed by atoms with Crippen molar-refractivity contribution >= 4 is 50.3 Å². The molecule has 0 spiro atoms. The monoisotopic (exact) mass is 414 g/mol. The van der Waals surface area contributed by atoms with Crippen LogP contribution in [0.4, 0.5) is 11.4 Å². The number of carbonyl (C=O) groups excluding carboxylic acids is 1. The van der Waals surface area contributed by atoms with E-state index >= 15 is 0 Å². The maximum atomic E-state index is 12.8. The van der Waals surface area contributed by atoms with Gasteiger partial charge in [0.05, 0.1) is 12.1 Å². The van der Waals surface area contributed by atoms with Crippen LogP contribution in [-0.4, -0.2) is 26.1 Å². The first-order valence-electron chi connectivity index (χ1n) is 9.47. The molecule has 0 saturated carbocycles. The minimum absolute atomic E-state index is 0.190. The summed E-state index contributed by atoms with van der Waals surface area (Å²) in [6.45, 7) is 4.49. The van der Waals surface area contributed by atoms with Gasteiger partial charge < -0.3 is 15.0 Å². The minimum atomic E-state index is -0.190. The molecule has 4 nitrogen and oxygen atoms in total. The van der Waals surface area contributed by atoms with Crippen molar-refractivity contribution in [1.82, 2.24) is 0 Å². The molecule has 1 aromatic heterocycles. The summed E-state index contributed by atoms with van der Waals surface area (Å²) in [5.74, 6) is 1.34. The van der Waals surface area contributed by atoms with Crippen molar-refractivity contribution in [3.05, 3.63) is 52.4 Å². The van der Waals surface area contributed by atoms with Gasteiger partial charge in [0.1, 0.15) is 10.6 Å². The number of methoxy groups -OCH3 is 1. The second-order valence-electron chi connectivity index (χ2n) is 7.28. The van der Waals surface area contributed by atoms with Gasteiger partial charge in [0.2, 0.25) is 0 Å². The molecule has 146 valence electrons. The number of thiophene rings is 1. The summed E-state index contributed by atoms with van der Waals surface area (Å²) >= 11 is 7.86. The van der Waals surface area contributed by atoms with Crippen molar-refractivity contribution in [3.8, 4) is 5.75 Å². The summed E-state index contributed by atoms with van der Waals surface area (Å²) in [4.78, 5) is 15.7. The Hall–Kier alpha value is -2.24. The number of anilines is 2. The second kappa shape index (κ2) is 8.02. The number of nitrogens with one attached hydrogen (secondary N) is 1. The number of nitrogens with zero attached hydrogens (tertiary/aromatic N) is 1. The van der Waals surface area contributed by atoms with Crippen LogP contribution in [0.2, 0.25) is 5.02 Å². The van der Waals surface area contributed by atoms with E-state index in [1.807, 2.05) is 30.3 Å². The molecule has 0 aliphatic carbocycles. The van der Waals surface area contributed by atoms with Crippen LogP contribution < -0.4 is 15.0 Å². The molecule has 6 heteroatoms. The van der Waals surface area contributed by atoms with Crippen LogP contribution in [0.3, 0.4) is 0 Å². The molecule has 1 amide bonds. The predicted octanol–water partition coefficient (Wildman–Crippen LogP) is 6.05. The standard InChI is InChI=1S/C22H23ClN2O2S/c1-14-9-11-25(12-10-14)16-5-3-15(4-6-16)24-22(26)21-20(23)18-13-17(27-2)7-8-19(18)28-21/h3-8,13-14H,9-12H2,1-2H3,(H,24,26). The molecule has 2 heterocycles. The molecule has 1 aliphatic rings. The van der Waals surface area contributed by atoms with Crippen LogP contribution in [0.25, 0.3) is 10.1 Å². The number of hydrogen-bond donors (Lipinski definition) is 1. The van der Waals surface area contributed by atoms with Crippen molar-refractivity contribution in [2.75, 3.05) is 30.4 Å². The van der Waals surface area contributed by atoms with Gasteiger partial charge in [0.25, 0.3) is 5.91 Å². The molecule has 28 heavy (non-hydrogen) atoms. The Balaban J connectivity index is 1.49. The topological polar surface area (TPSA) is 41.6 Å². The van der Waals surface area contributed by atoms with E-state index in [0.717, 1.165) is 40.5 Å². The smallest absolute Gasteiger partial charge is 0.267 e. The Morgan fingerprint density at radius 2 is 1.89 bits per heavy atom. The van der Waals surface area contributed by atoms with E-state index in [9.17, 15) is 4.79 Å². The Bertz CT molecular complexity index is 992. The molecule has 0 bridgehead atoms. The van der Waals surface area contributed by atoms with Gasteiger partial charge in [-0.15, -0.1) is 11.3 Å². The Labute approximate surface area is 174 Å². The van der Waals surface area contributed by atoms with Crippen LogP contribution in [0.1, 0.15) is 29.4 Å². The van der Waals surface area contributed by atoms with Crippen LogP contribution >= 0.6 is 22.9 Å². The van der Waals surface area contributed by atoms with E-state index in [-0.39, 0.29) is 5.91 Å². The van der Waals surface area contributed by atoms with Gasteiger partial charge in [-0.3, -0.25) is 4.79 Å². The van der Waals surface area contributed by atoms with Crippen molar-refractivity contribution in [3.63, 3.8) is 0 Å². The number of amides is 1. The van der Waals surface area contributed by atoms with Crippen LogP contribution in [0.5, 0.6) is 5.75 Å². The highest BCUT2D eigenvalue weighted by Crippen LogP contribution is 2.37. The van der Waals surface area contributed by atoms with Gasteiger partial charge in [-0.1, -0.05) is 18.5 Å². The van der Waals surface area contributed by atoms with E-state index in [1.54, 1.807) is 7.11 Å². The fourth-order valence-corrected chi connectivity index (χ4v) is 4.91. The first-order valence-corrected chi connectivity index (χ1v) is 10.7. The predicted molar refractivity (Wildman–Crippen MR) is 118 cm³/mol. The Morgan fingerprint density at radius 3 is 2.57 bits per heavy atom. The number of carbonyl (C=O) groups is 1. The lowest BCUT2D eigenvalue weighted by Crippen LogP contribution is -2.32. The number of fused-ring (bicyclic) bond motifs is 1. The molecule has 1 fully saturated rings. The molecule has 1 N–H and O–H groups in total. The van der Waals surface area contributed by atoms with Gasteiger partial charge in [-0.25, -0.2) is 0 Å². The zero-order valence-electron chi connectivity index (χ0n) is 16.0. The number of ether oxygens (including phenoxy) is 1. The average Bonchev–Trinajstić information content (AvgIpc) is 3.05. The van der Waals surface area contributed by atoms with Crippen molar-refractivity contribution in [1.29, 1.82) is 0 Å². The van der Waals surface area contributed by atoms with Crippen LogP contribution in [0.15, 0.2) is 42.5 Å². The highest BCUT2D eigenvalue weighted by molar-refractivity contribution is 7.21. The average molecular weight is 415 g/mol. The van der Waals surface area contributed by atoms with Gasteiger partial charge >= 0.3 is 0 Å². The highest BCUT2D eigenvalue weighted by atomic mass is 35.5. The molecule has 1 saturated heterocycles. The van der Waals surface area contributed by atoms with Crippen molar-refractivity contribution < 1.29 is 9.53 Å². The Morgan fingerprint density at radius 1 is 1.18 bits per heavy atom. The SMILES string of the molecule is COc1ccc2sc(C(=O)Nc3ccc(N4CCC(C)CC4)cc3)c(Cl)c2c1. The van der Waals surface area contributed by atoms with Gasteiger partial charge in [0.15, 0.2) is 0 Å². The maximum absolute atomic E-state index is 12.8. The molecule has 0 radical (unpaired) electrons. The fourth-order valence-electron chi connectivity index (χ4n) is 3.53. The lowest BCUT2D eigenvalue weighted by molar-refractivity contribution is 0.103. The van der Waals surface area contributed by atoms with E-state index in [0.29, 0.717) is 9.90 Å². The van der Waals surface area contributed by atoms with Crippen molar-refractivity contribution in [2.24, 2.45) is 5.92 Å². The molecule has 2 aromatic carbocycles. The normalized spacial score (nSPS) is 15.0. The third-order valence-electron chi connectivity index (χ3n) is 5.31. The molecular weight excluding hydrogens is 392 g/mol. The molecule has 3 aromatic rings. The van der Waals surface area contributed by atoms with Gasteiger partial charge in [-0.05, 0) is 61.2 Å². The van der Waals surface area contributed by atoms with E-state index in [4.69, 9.17) is 16.3 Å². The zero-order valence-corrected chi connectivity index (χ0v) is 17.6. The lowest BCUT2D eigenvalue weighted by atomic mass is 9.99. The molecule has 4 rings (SSSR count). The quantitative estimate of drug-likeness (QED) is 0.564. The summed E-state index contributed by atoms with van der Waals surface area (Å²) in [5, 5.41) is 4.27. The van der Waals surface area contributed by atoms with Gasteiger partial charge in [-0.2, -0.15) is 0 Å². The fraction of sp³-hybridized carbons (Fsp3) is 0.318. The number of benzene rings is 2. The Kier molecular flexibility index (Phi) is 5.47. The molecule has 0 unspecified atom stereocenters. The molecule has 1 aliphatic heterocycles. The first-order chi connectivity index (χ1) is 13.5. The second-order valence-corrected chi connectivity index (χ2v) is 8.71. The minimum Gasteiger partial charge on any atom is -0.497 e. The van der Waals surface area contributed by atoms with Crippen LogP contribution in [-0.2, 0) is 0 Å². The molecular formula is C22H23ClN2O2S. The highest BCUT2D eigenvalue weighted by Gasteiger charge is 2.19. The summed E-state index contributed by atoms with van der Waals surface area (Å²) in [6, 6.07) is 13.7. The van der Waals surface area contributed by atoms with E-state index in [1.165, 1.54) is 29.9 Å². The van der Waals surface area contributed by atoms with E-state index < -0.39 is 0 Å². The number of hydrogen-bond acceptors (Lipinski definition) is 4. The first kappa shape index (κ1) is 19.1. The number of halogens is 1. The summed E-state index contributed by atoms with van der Waals surface area (Å²) in [6.07, 6.45) is 2.46. The zero-order chi connectivity index (χ0) is 19.7. The summed E-state index contributed by atoms with van der Waals surface area (Å²) in [5.41, 5.74) is 1.97. The number of rotatable bonds is 4. The lowest BCUT2D eigenvalue weighted by Gasteiger charge is -2.32. The summed E-state index contributed by atoms with van der Waals surface area (Å²) in [7, 11) is 1.61. The van der Waals surface area contributed by atoms with Gasteiger partial charge in [0, 0.05) is 34.6 Å². The third-order valence-corrected chi connectivity index (χ3v) is 6.99. The molecule has 0 atom stereocenters. The van der Waals surface area contributed by atoms with Crippen LogP contribution in [0, 0.1) is 5.92 Å². The third kappa shape index (κ3) is 3.82. The number of piperidine rings is 1. The summed E-state index contributed by atoms with van der Waals surface area (Å²) < 4.78 is 6.21. The largest absolute Gasteiger partial charge is 0.497 e. The van der Waals surface area contributed by atoms with Crippen molar-refractivity contribution in [2.45, 2.75) is 19.8 Å².